The lowest BCUT2D eigenvalue weighted by molar-refractivity contribution is -0.0109. The lowest BCUT2D eigenvalue weighted by atomic mass is 10.0. The number of piperidine rings is 1. The van der Waals surface area contributed by atoms with Gasteiger partial charge < -0.3 is 14.7 Å². The van der Waals surface area contributed by atoms with Crippen molar-refractivity contribution in [2.24, 2.45) is 0 Å². The summed E-state index contributed by atoms with van der Waals surface area (Å²) >= 11 is 0. The molecule has 0 radical (unpaired) electrons. The number of aliphatic hydroxyl groups is 1. The summed E-state index contributed by atoms with van der Waals surface area (Å²) < 4.78 is 32.2. The van der Waals surface area contributed by atoms with Crippen molar-refractivity contribution < 1.29 is 18.6 Å². The van der Waals surface area contributed by atoms with Crippen molar-refractivity contribution in [1.82, 2.24) is 4.90 Å². The Kier molecular flexibility index (Phi) is 6.13. The number of hydrogen-bond acceptors (Lipinski definition) is 3. The molecule has 1 N–H and O–H groups in total. The molecule has 2 aromatic carbocycles. The first-order valence-corrected chi connectivity index (χ1v) is 8.62. The molecule has 3 nitrogen and oxygen atoms in total. The average molecular weight is 347 g/mol. The summed E-state index contributed by atoms with van der Waals surface area (Å²) in [5.74, 6) is -1.82. The lowest BCUT2D eigenvalue weighted by Gasteiger charge is -2.33. The topological polar surface area (TPSA) is 32.7 Å². The van der Waals surface area contributed by atoms with Crippen molar-refractivity contribution in [3.8, 4) is 0 Å². The molecule has 3 rings (SSSR count). The molecule has 25 heavy (non-hydrogen) atoms. The molecule has 1 aliphatic rings. The van der Waals surface area contributed by atoms with E-state index in [0.717, 1.165) is 38.1 Å². The number of rotatable bonds is 6. The van der Waals surface area contributed by atoms with Crippen LogP contribution < -0.4 is 0 Å². The van der Waals surface area contributed by atoms with Crippen molar-refractivity contribution in [3.05, 3.63) is 71.3 Å². The molecule has 0 amide bonds. The normalized spacial score (nSPS) is 17.6. The predicted octanol–water partition coefficient (Wildman–Crippen LogP) is 3.68. The smallest absolute Gasteiger partial charge is 0.159 e. The maximum absolute atomic E-state index is 13.3. The Morgan fingerprint density at radius 3 is 2.44 bits per heavy atom. The molecule has 134 valence electrons. The highest BCUT2D eigenvalue weighted by atomic mass is 19.2. The summed E-state index contributed by atoms with van der Waals surface area (Å²) in [7, 11) is 0. The number of likely N-dealkylation sites (tertiary alicyclic amines) is 1. The number of halogens is 2. The first-order valence-electron chi connectivity index (χ1n) is 8.62. The zero-order chi connectivity index (χ0) is 17.6. The van der Waals surface area contributed by atoms with Crippen molar-refractivity contribution in [2.45, 2.75) is 31.7 Å². The highest BCUT2D eigenvalue weighted by Crippen LogP contribution is 2.21. The Balaban J connectivity index is 1.43. The molecule has 1 fully saturated rings. The molecule has 1 aliphatic heterocycles. The molecule has 2 aromatic rings. The van der Waals surface area contributed by atoms with Crippen LogP contribution in [0.1, 0.15) is 30.1 Å². The summed E-state index contributed by atoms with van der Waals surface area (Å²) in [6.07, 6.45) is 1.20. The van der Waals surface area contributed by atoms with Gasteiger partial charge in [0.1, 0.15) is 0 Å². The van der Waals surface area contributed by atoms with Crippen molar-refractivity contribution in [2.75, 3.05) is 19.6 Å². The summed E-state index contributed by atoms with van der Waals surface area (Å²) in [5.41, 5.74) is 1.57. The Morgan fingerprint density at radius 2 is 1.76 bits per heavy atom. The zero-order valence-corrected chi connectivity index (χ0v) is 14.1. The molecule has 0 saturated carbocycles. The molecule has 0 spiro atoms. The van der Waals surface area contributed by atoms with Crippen LogP contribution >= 0.6 is 0 Å². The van der Waals surface area contributed by atoms with Gasteiger partial charge in [0, 0.05) is 19.6 Å². The molecular formula is C20H23F2NO2. The summed E-state index contributed by atoms with van der Waals surface area (Å²) in [6.45, 7) is 2.67. The molecule has 1 unspecified atom stereocenters. The monoisotopic (exact) mass is 347 g/mol. The standard InChI is InChI=1S/C20H23F2NO2/c21-18-7-6-16(12-19(18)22)20(24)13-23-10-8-17(9-11-23)25-14-15-4-2-1-3-5-15/h1-7,12,17,20,24H,8-11,13-14H2. The van der Waals surface area contributed by atoms with Crippen molar-refractivity contribution in [1.29, 1.82) is 0 Å². The third-order valence-corrected chi connectivity index (χ3v) is 4.62. The number of hydrogen-bond donors (Lipinski definition) is 1. The predicted molar refractivity (Wildman–Crippen MR) is 92.0 cm³/mol. The van der Waals surface area contributed by atoms with Crippen molar-refractivity contribution >= 4 is 0 Å². The second-order valence-corrected chi connectivity index (χ2v) is 6.49. The van der Waals surface area contributed by atoms with Crippen LogP contribution in [0.3, 0.4) is 0 Å². The molecular weight excluding hydrogens is 324 g/mol. The van der Waals surface area contributed by atoms with E-state index in [1.54, 1.807) is 0 Å². The number of aliphatic hydroxyl groups excluding tert-OH is 1. The van der Waals surface area contributed by atoms with E-state index in [-0.39, 0.29) is 6.10 Å². The van der Waals surface area contributed by atoms with E-state index in [9.17, 15) is 13.9 Å². The molecule has 1 saturated heterocycles. The fourth-order valence-corrected chi connectivity index (χ4v) is 3.12. The van der Waals surface area contributed by atoms with Crippen LogP contribution in [0.5, 0.6) is 0 Å². The first-order chi connectivity index (χ1) is 12.1. The van der Waals surface area contributed by atoms with Gasteiger partial charge in [-0.3, -0.25) is 0 Å². The van der Waals surface area contributed by atoms with Crippen LogP contribution in [0.25, 0.3) is 0 Å². The van der Waals surface area contributed by atoms with Gasteiger partial charge in [0.15, 0.2) is 11.6 Å². The molecule has 1 atom stereocenters. The number of β-amino-alcohol motifs (C(OH)–C–C–N with tert-alkyl or cyclic N) is 1. The minimum Gasteiger partial charge on any atom is -0.387 e. The Morgan fingerprint density at radius 1 is 1.04 bits per heavy atom. The van der Waals surface area contributed by atoms with Crippen LogP contribution in [0.2, 0.25) is 0 Å². The second-order valence-electron chi connectivity index (χ2n) is 6.49. The number of nitrogens with zero attached hydrogens (tertiary/aromatic N) is 1. The highest BCUT2D eigenvalue weighted by molar-refractivity contribution is 5.20. The SMILES string of the molecule is OC(CN1CCC(OCc2ccccc2)CC1)c1ccc(F)c(F)c1. The quantitative estimate of drug-likeness (QED) is 0.865. The van der Waals surface area contributed by atoms with Gasteiger partial charge in [-0.25, -0.2) is 8.78 Å². The third-order valence-electron chi connectivity index (χ3n) is 4.62. The Hall–Kier alpha value is -1.82. The highest BCUT2D eigenvalue weighted by Gasteiger charge is 2.22. The van der Waals surface area contributed by atoms with Crippen LogP contribution in [0.4, 0.5) is 8.78 Å². The van der Waals surface area contributed by atoms with Gasteiger partial charge in [-0.15, -0.1) is 0 Å². The van der Waals surface area contributed by atoms with Crippen LogP contribution in [0, 0.1) is 11.6 Å². The van der Waals surface area contributed by atoms with Crippen molar-refractivity contribution in [3.63, 3.8) is 0 Å². The van der Waals surface area contributed by atoms with E-state index in [1.807, 2.05) is 30.3 Å². The van der Waals surface area contributed by atoms with Gasteiger partial charge in [0.25, 0.3) is 0 Å². The molecule has 0 aliphatic carbocycles. The van der Waals surface area contributed by atoms with E-state index < -0.39 is 17.7 Å². The van der Waals surface area contributed by atoms with E-state index in [1.165, 1.54) is 11.6 Å². The van der Waals surface area contributed by atoms with E-state index in [4.69, 9.17) is 4.74 Å². The Labute approximate surface area is 146 Å². The number of benzene rings is 2. The summed E-state index contributed by atoms with van der Waals surface area (Å²) in [5, 5.41) is 10.2. The van der Waals surface area contributed by atoms with Crippen LogP contribution in [0.15, 0.2) is 48.5 Å². The Bertz CT molecular complexity index is 673. The first kappa shape index (κ1) is 18.0. The minimum atomic E-state index is -0.926. The molecule has 0 bridgehead atoms. The van der Waals surface area contributed by atoms with Gasteiger partial charge in [0.2, 0.25) is 0 Å². The van der Waals surface area contributed by atoms with Crippen LogP contribution in [-0.4, -0.2) is 35.7 Å². The largest absolute Gasteiger partial charge is 0.387 e. The summed E-state index contributed by atoms with van der Waals surface area (Å²) in [6, 6.07) is 13.6. The minimum absolute atomic E-state index is 0.219. The second kappa shape index (κ2) is 8.52. The van der Waals surface area contributed by atoms with Gasteiger partial charge in [-0.2, -0.15) is 0 Å². The lowest BCUT2D eigenvalue weighted by Crippen LogP contribution is -2.39. The molecule has 0 aromatic heterocycles. The van der Waals surface area contributed by atoms with Crippen LogP contribution in [-0.2, 0) is 11.3 Å². The van der Waals surface area contributed by atoms with Gasteiger partial charge >= 0.3 is 0 Å². The fourth-order valence-electron chi connectivity index (χ4n) is 3.12. The third kappa shape index (κ3) is 5.08. The van der Waals surface area contributed by atoms with E-state index in [0.29, 0.717) is 18.7 Å². The van der Waals surface area contributed by atoms with E-state index in [2.05, 4.69) is 4.90 Å². The van der Waals surface area contributed by atoms with Gasteiger partial charge in [-0.1, -0.05) is 36.4 Å². The molecule has 5 heteroatoms. The molecule has 1 heterocycles. The maximum Gasteiger partial charge on any atom is 0.159 e. The van der Waals surface area contributed by atoms with Gasteiger partial charge in [0.05, 0.1) is 18.8 Å². The number of ether oxygens (including phenoxy) is 1. The van der Waals surface area contributed by atoms with Gasteiger partial charge in [-0.05, 0) is 36.1 Å². The fraction of sp³-hybridized carbons (Fsp3) is 0.400. The zero-order valence-electron chi connectivity index (χ0n) is 14.1. The van der Waals surface area contributed by atoms with E-state index >= 15 is 0 Å². The maximum atomic E-state index is 13.3. The average Bonchev–Trinajstić information content (AvgIpc) is 2.64. The summed E-state index contributed by atoms with van der Waals surface area (Å²) in [4.78, 5) is 2.13.